The van der Waals surface area contributed by atoms with Crippen molar-refractivity contribution in [3.8, 4) is 0 Å². The van der Waals surface area contributed by atoms with Crippen molar-refractivity contribution in [2.24, 2.45) is 0 Å². The number of hydrogen-bond acceptors (Lipinski definition) is 3. The van der Waals surface area contributed by atoms with Gasteiger partial charge in [0.05, 0.1) is 11.4 Å². The molecule has 0 fully saturated rings. The Morgan fingerprint density at radius 3 is 3.20 bits per heavy atom. The van der Waals surface area contributed by atoms with E-state index in [1.165, 1.54) is 16.9 Å². The molecule has 2 aliphatic rings. The lowest BCUT2D eigenvalue weighted by molar-refractivity contribution is 0.543. The third kappa shape index (κ3) is 1.16. The van der Waals surface area contributed by atoms with E-state index in [9.17, 15) is 0 Å². The summed E-state index contributed by atoms with van der Waals surface area (Å²) in [5.74, 6) is 0.998. The Morgan fingerprint density at radius 1 is 1.53 bits per heavy atom. The number of benzene rings is 1. The van der Waals surface area contributed by atoms with Crippen molar-refractivity contribution in [1.29, 1.82) is 0 Å². The van der Waals surface area contributed by atoms with Gasteiger partial charge in [-0.15, -0.1) is 0 Å². The third-order valence-corrected chi connectivity index (χ3v) is 3.27. The molecule has 0 bridgehead atoms. The van der Waals surface area contributed by atoms with Crippen LogP contribution < -0.4 is 15.5 Å². The fourth-order valence-electron chi connectivity index (χ4n) is 2.48. The zero-order valence-corrected chi connectivity index (χ0v) is 8.88. The molecule has 3 heteroatoms. The second-order valence-corrected chi connectivity index (χ2v) is 4.19. The molecule has 2 N–H and O–H groups in total. The van der Waals surface area contributed by atoms with Gasteiger partial charge in [0.2, 0.25) is 0 Å². The second-order valence-electron chi connectivity index (χ2n) is 4.19. The summed E-state index contributed by atoms with van der Waals surface area (Å²) in [7, 11) is 2.02. The molecule has 15 heavy (non-hydrogen) atoms. The zero-order chi connectivity index (χ0) is 10.4. The highest BCUT2D eigenvalue weighted by Crippen LogP contribution is 2.41. The molecule has 0 aliphatic carbocycles. The van der Waals surface area contributed by atoms with Crippen molar-refractivity contribution >= 4 is 11.4 Å². The van der Waals surface area contributed by atoms with Gasteiger partial charge in [-0.25, -0.2) is 0 Å². The Labute approximate surface area is 89.8 Å². The van der Waals surface area contributed by atoms with Crippen molar-refractivity contribution in [1.82, 2.24) is 5.32 Å². The van der Waals surface area contributed by atoms with E-state index in [2.05, 4.69) is 40.3 Å². The molecule has 78 valence electrons. The molecule has 0 saturated heterocycles. The third-order valence-electron chi connectivity index (χ3n) is 3.27. The van der Waals surface area contributed by atoms with Crippen molar-refractivity contribution in [2.45, 2.75) is 12.5 Å². The monoisotopic (exact) mass is 201 g/mol. The minimum atomic E-state index is 0.518. The number of nitrogens with one attached hydrogen (secondary N) is 2. The highest BCUT2D eigenvalue weighted by molar-refractivity contribution is 5.84. The number of likely N-dealkylation sites (N-methyl/N-ethyl adjacent to an activating group) is 1. The van der Waals surface area contributed by atoms with E-state index in [1.54, 1.807) is 0 Å². The van der Waals surface area contributed by atoms with Gasteiger partial charge in [0.1, 0.15) is 5.82 Å². The molecule has 1 aromatic carbocycles. The highest BCUT2D eigenvalue weighted by atomic mass is 15.3. The Balaban J connectivity index is 2.11. The van der Waals surface area contributed by atoms with Crippen LogP contribution in [0.5, 0.6) is 0 Å². The molecule has 0 aromatic heterocycles. The molecular formula is C12H15N3. The molecule has 0 amide bonds. The van der Waals surface area contributed by atoms with Crippen LogP contribution in [0.1, 0.15) is 5.56 Å². The summed E-state index contributed by atoms with van der Waals surface area (Å²) in [5, 5.41) is 6.67. The Hall–Kier alpha value is -1.48. The van der Waals surface area contributed by atoms with Gasteiger partial charge in [0, 0.05) is 12.6 Å². The SMILES string of the molecule is C=C1Nc2cccc3c2N1C[C@H](NC)C3. The Bertz CT molecular complexity index is 425. The van der Waals surface area contributed by atoms with E-state index >= 15 is 0 Å². The lowest BCUT2D eigenvalue weighted by Gasteiger charge is -2.32. The molecule has 3 nitrogen and oxygen atoms in total. The Kier molecular flexibility index (Phi) is 1.76. The summed E-state index contributed by atoms with van der Waals surface area (Å²) in [4.78, 5) is 2.27. The van der Waals surface area contributed by atoms with Gasteiger partial charge in [-0.05, 0) is 25.1 Å². The van der Waals surface area contributed by atoms with Crippen LogP contribution >= 0.6 is 0 Å². The van der Waals surface area contributed by atoms with E-state index in [1.807, 2.05) is 7.05 Å². The summed E-state index contributed by atoms with van der Waals surface area (Å²) in [5.41, 5.74) is 3.94. The van der Waals surface area contributed by atoms with Crippen LogP contribution in [-0.4, -0.2) is 19.6 Å². The van der Waals surface area contributed by atoms with Crippen LogP contribution in [0.25, 0.3) is 0 Å². The quantitative estimate of drug-likeness (QED) is 0.721. The lowest BCUT2D eigenvalue weighted by atomic mass is 9.98. The van der Waals surface area contributed by atoms with Crippen LogP contribution in [0.15, 0.2) is 30.6 Å². The van der Waals surface area contributed by atoms with Crippen LogP contribution in [0, 0.1) is 0 Å². The largest absolute Gasteiger partial charge is 0.340 e. The molecule has 3 rings (SSSR count). The first-order valence-electron chi connectivity index (χ1n) is 5.32. The van der Waals surface area contributed by atoms with Gasteiger partial charge in [0.15, 0.2) is 0 Å². The fourth-order valence-corrected chi connectivity index (χ4v) is 2.48. The summed E-state index contributed by atoms with van der Waals surface area (Å²) in [6, 6.07) is 6.94. The van der Waals surface area contributed by atoms with Crippen molar-refractivity contribution in [2.75, 3.05) is 23.8 Å². The van der Waals surface area contributed by atoms with Gasteiger partial charge < -0.3 is 15.5 Å². The highest BCUT2D eigenvalue weighted by Gasteiger charge is 2.31. The average Bonchev–Trinajstić information content (AvgIpc) is 2.58. The van der Waals surface area contributed by atoms with Crippen LogP contribution in [0.3, 0.4) is 0 Å². The van der Waals surface area contributed by atoms with Crippen LogP contribution in [-0.2, 0) is 6.42 Å². The van der Waals surface area contributed by atoms with E-state index in [-0.39, 0.29) is 0 Å². The molecule has 0 unspecified atom stereocenters. The molecule has 0 spiro atoms. The number of rotatable bonds is 1. The number of nitrogens with zero attached hydrogens (tertiary/aromatic N) is 1. The van der Waals surface area contributed by atoms with Gasteiger partial charge in [0.25, 0.3) is 0 Å². The van der Waals surface area contributed by atoms with Crippen LogP contribution in [0.4, 0.5) is 11.4 Å². The van der Waals surface area contributed by atoms with Gasteiger partial charge in [-0.3, -0.25) is 0 Å². The fraction of sp³-hybridized carbons (Fsp3) is 0.333. The molecule has 1 atom stereocenters. The average molecular weight is 201 g/mol. The first-order chi connectivity index (χ1) is 7.29. The predicted molar refractivity (Wildman–Crippen MR) is 63.1 cm³/mol. The van der Waals surface area contributed by atoms with Crippen molar-refractivity contribution < 1.29 is 0 Å². The maximum absolute atomic E-state index is 4.05. The normalized spacial score (nSPS) is 22.6. The van der Waals surface area contributed by atoms with E-state index in [4.69, 9.17) is 0 Å². The molecule has 2 heterocycles. The standard InChI is InChI=1S/C12H15N3/c1-8-14-11-5-3-4-9-6-10(13-2)7-15(8)12(9)11/h3-5,10,13-14H,1,6-7H2,2H3/t10-/m1/s1. The summed E-state index contributed by atoms with van der Waals surface area (Å²) < 4.78 is 0. The van der Waals surface area contributed by atoms with Crippen molar-refractivity contribution in [3.05, 3.63) is 36.2 Å². The predicted octanol–water partition coefficient (Wildman–Crippen LogP) is 1.53. The molecule has 0 saturated carbocycles. The Morgan fingerprint density at radius 2 is 2.40 bits per heavy atom. The number of para-hydroxylation sites is 1. The summed E-state index contributed by atoms with van der Waals surface area (Å²) in [6.45, 7) is 5.06. The minimum absolute atomic E-state index is 0.518. The topological polar surface area (TPSA) is 27.3 Å². The van der Waals surface area contributed by atoms with E-state index in [0.717, 1.165) is 18.8 Å². The minimum Gasteiger partial charge on any atom is -0.340 e. The molecule has 0 radical (unpaired) electrons. The second kappa shape index (κ2) is 3.00. The number of hydrogen-bond donors (Lipinski definition) is 2. The van der Waals surface area contributed by atoms with Crippen molar-refractivity contribution in [3.63, 3.8) is 0 Å². The maximum Gasteiger partial charge on any atom is 0.103 e. The zero-order valence-electron chi connectivity index (χ0n) is 8.88. The maximum atomic E-state index is 4.05. The van der Waals surface area contributed by atoms with E-state index < -0.39 is 0 Å². The first-order valence-corrected chi connectivity index (χ1v) is 5.32. The van der Waals surface area contributed by atoms with Gasteiger partial charge >= 0.3 is 0 Å². The van der Waals surface area contributed by atoms with Crippen LogP contribution in [0.2, 0.25) is 0 Å². The number of anilines is 2. The van der Waals surface area contributed by atoms with Gasteiger partial charge in [-0.1, -0.05) is 18.7 Å². The lowest BCUT2D eigenvalue weighted by Crippen LogP contribution is -2.43. The summed E-state index contributed by atoms with van der Waals surface area (Å²) >= 11 is 0. The van der Waals surface area contributed by atoms with E-state index in [0.29, 0.717) is 6.04 Å². The molecule has 1 aromatic rings. The molecule has 2 aliphatic heterocycles. The van der Waals surface area contributed by atoms with Gasteiger partial charge in [-0.2, -0.15) is 0 Å². The summed E-state index contributed by atoms with van der Waals surface area (Å²) in [6.07, 6.45) is 1.10. The molecular weight excluding hydrogens is 186 g/mol. The first kappa shape index (κ1) is 8.80. The smallest absolute Gasteiger partial charge is 0.103 e.